The second-order valence-electron chi connectivity index (χ2n) is 6.74. The van der Waals surface area contributed by atoms with Crippen molar-refractivity contribution in [3.05, 3.63) is 35.9 Å². The predicted octanol–water partition coefficient (Wildman–Crippen LogP) is 3.30. The summed E-state index contributed by atoms with van der Waals surface area (Å²) in [5.41, 5.74) is 1.11. The van der Waals surface area contributed by atoms with Crippen LogP contribution >= 0.6 is 0 Å². The van der Waals surface area contributed by atoms with Gasteiger partial charge in [0.2, 0.25) is 5.91 Å². The molecule has 0 N–H and O–H groups in total. The molecule has 5 heteroatoms. The molecule has 1 unspecified atom stereocenters. The molecule has 0 saturated carbocycles. The molecule has 1 aliphatic heterocycles. The Morgan fingerprint density at radius 3 is 2.57 bits per heavy atom. The van der Waals surface area contributed by atoms with Crippen LogP contribution in [0.3, 0.4) is 0 Å². The lowest BCUT2D eigenvalue weighted by atomic mass is 10.1. The van der Waals surface area contributed by atoms with E-state index in [9.17, 15) is 9.59 Å². The van der Waals surface area contributed by atoms with Crippen molar-refractivity contribution in [2.24, 2.45) is 0 Å². The minimum absolute atomic E-state index is 0.0964. The number of imide groups is 1. The van der Waals surface area contributed by atoms with Crippen LogP contribution in [-0.2, 0) is 16.0 Å². The normalized spacial score (nSPS) is 18.7. The molecule has 114 valence electrons. The average molecular weight is 305 g/mol. The largest absolute Gasteiger partial charge is 0.447 e. The maximum Gasteiger partial charge on any atom is 0.416 e. The minimum Gasteiger partial charge on any atom is -0.447 e. The van der Waals surface area contributed by atoms with Crippen LogP contribution in [0.1, 0.15) is 12.0 Å². The van der Waals surface area contributed by atoms with Crippen LogP contribution in [0, 0.1) is 0 Å². The lowest BCUT2D eigenvalue weighted by Crippen LogP contribution is -2.40. The Balaban J connectivity index is 2.01. The summed E-state index contributed by atoms with van der Waals surface area (Å²) in [4.78, 5) is 25.5. The van der Waals surface area contributed by atoms with Crippen molar-refractivity contribution in [3.8, 4) is 0 Å². The van der Waals surface area contributed by atoms with Crippen LogP contribution in [0.5, 0.6) is 0 Å². The molecule has 1 heterocycles. The van der Waals surface area contributed by atoms with Gasteiger partial charge in [-0.15, -0.1) is 0 Å². The van der Waals surface area contributed by atoms with Crippen molar-refractivity contribution in [2.75, 3.05) is 6.61 Å². The molecule has 1 atom stereocenters. The van der Waals surface area contributed by atoms with E-state index in [1.54, 1.807) is 0 Å². The molecular weight excluding hydrogens is 282 g/mol. The second kappa shape index (κ2) is 6.43. The average Bonchev–Trinajstić information content (AvgIpc) is 2.77. The third-order valence-corrected chi connectivity index (χ3v) is 5.38. The van der Waals surface area contributed by atoms with E-state index < -0.39 is 14.2 Å². The number of carbonyl (C=O) groups is 2. The topological polar surface area (TPSA) is 46.6 Å². The number of nitrogens with zero attached hydrogens (tertiary/aromatic N) is 1. The summed E-state index contributed by atoms with van der Waals surface area (Å²) in [7, 11) is -1.29. The van der Waals surface area contributed by atoms with Gasteiger partial charge in [-0.2, -0.15) is 0 Å². The monoisotopic (exact) mass is 305 g/mol. The molecule has 0 radical (unpaired) electrons. The summed E-state index contributed by atoms with van der Waals surface area (Å²) in [5.74, 6) is -0.0964. The van der Waals surface area contributed by atoms with Gasteiger partial charge in [0.1, 0.15) is 6.61 Å². The van der Waals surface area contributed by atoms with E-state index in [0.717, 1.165) is 11.6 Å². The van der Waals surface area contributed by atoms with Gasteiger partial charge in [0.05, 0.1) is 6.04 Å². The maximum absolute atomic E-state index is 12.4. The third-order valence-electron chi connectivity index (χ3n) is 3.63. The summed E-state index contributed by atoms with van der Waals surface area (Å²) in [6.07, 6.45) is 0.609. The minimum atomic E-state index is -1.29. The molecule has 0 aliphatic carbocycles. The van der Waals surface area contributed by atoms with Crippen molar-refractivity contribution in [1.29, 1.82) is 0 Å². The standard InChI is InChI=1S/C16H23NO3Si/c1-21(2,3)10-9-15(18)17-14(12-20-16(17)19)11-13-7-5-4-6-8-13/h4-8,14H,9-12H2,1-3H3. The number of hydrogen-bond acceptors (Lipinski definition) is 3. The molecule has 1 aromatic rings. The van der Waals surface area contributed by atoms with E-state index >= 15 is 0 Å². The van der Waals surface area contributed by atoms with Crippen molar-refractivity contribution in [2.45, 2.75) is 44.6 Å². The Bertz CT molecular complexity index is 510. The number of rotatable bonds is 5. The van der Waals surface area contributed by atoms with Gasteiger partial charge in [0, 0.05) is 14.5 Å². The maximum atomic E-state index is 12.4. The van der Waals surface area contributed by atoms with Gasteiger partial charge in [-0.3, -0.25) is 4.79 Å². The summed E-state index contributed by atoms with van der Waals surface area (Å²) in [6, 6.07) is 10.6. The van der Waals surface area contributed by atoms with E-state index in [1.165, 1.54) is 4.90 Å². The van der Waals surface area contributed by atoms with Crippen LogP contribution in [0.25, 0.3) is 0 Å². The Hall–Kier alpha value is -1.62. The van der Waals surface area contributed by atoms with Crippen LogP contribution in [0.15, 0.2) is 30.3 Å². The van der Waals surface area contributed by atoms with Gasteiger partial charge in [-0.1, -0.05) is 50.0 Å². The van der Waals surface area contributed by atoms with Crippen molar-refractivity contribution in [3.63, 3.8) is 0 Å². The molecular formula is C16H23NO3Si. The number of amides is 2. The van der Waals surface area contributed by atoms with E-state index in [-0.39, 0.29) is 11.9 Å². The van der Waals surface area contributed by atoms with Crippen LogP contribution in [0.4, 0.5) is 4.79 Å². The Kier molecular flexibility index (Phi) is 4.83. The van der Waals surface area contributed by atoms with Gasteiger partial charge >= 0.3 is 6.09 Å². The highest BCUT2D eigenvalue weighted by molar-refractivity contribution is 6.76. The predicted molar refractivity (Wildman–Crippen MR) is 84.9 cm³/mol. The number of ether oxygens (including phenoxy) is 1. The molecule has 21 heavy (non-hydrogen) atoms. The van der Waals surface area contributed by atoms with Gasteiger partial charge < -0.3 is 4.74 Å². The SMILES string of the molecule is C[Si](C)(C)CCC(=O)N1C(=O)OCC1Cc1ccccc1. The first-order chi connectivity index (χ1) is 9.87. The van der Waals surface area contributed by atoms with E-state index in [4.69, 9.17) is 4.74 Å². The van der Waals surface area contributed by atoms with Crippen LogP contribution in [-0.4, -0.2) is 37.6 Å². The van der Waals surface area contributed by atoms with Gasteiger partial charge in [0.15, 0.2) is 0 Å². The smallest absolute Gasteiger partial charge is 0.416 e. The second-order valence-corrected chi connectivity index (χ2v) is 12.4. The first kappa shape index (κ1) is 15.8. The zero-order chi connectivity index (χ0) is 15.5. The quantitative estimate of drug-likeness (QED) is 0.784. The molecule has 1 fully saturated rings. The lowest BCUT2D eigenvalue weighted by Gasteiger charge is -2.22. The molecule has 1 aromatic carbocycles. The van der Waals surface area contributed by atoms with Gasteiger partial charge in [-0.05, 0) is 18.0 Å². The number of cyclic esters (lactones) is 1. The highest BCUT2D eigenvalue weighted by Gasteiger charge is 2.37. The van der Waals surface area contributed by atoms with E-state index in [1.807, 2.05) is 30.3 Å². The highest BCUT2D eigenvalue weighted by Crippen LogP contribution is 2.20. The van der Waals surface area contributed by atoms with E-state index in [2.05, 4.69) is 19.6 Å². The molecule has 1 saturated heterocycles. The Morgan fingerprint density at radius 2 is 1.95 bits per heavy atom. The number of hydrogen-bond donors (Lipinski definition) is 0. The fourth-order valence-electron chi connectivity index (χ4n) is 2.40. The van der Waals surface area contributed by atoms with Crippen molar-refractivity contribution in [1.82, 2.24) is 4.90 Å². The summed E-state index contributed by atoms with van der Waals surface area (Å²) < 4.78 is 5.08. The molecule has 2 rings (SSSR count). The Morgan fingerprint density at radius 1 is 1.29 bits per heavy atom. The molecule has 4 nitrogen and oxygen atoms in total. The molecule has 0 bridgehead atoms. The van der Waals surface area contributed by atoms with Crippen LogP contribution in [0.2, 0.25) is 25.7 Å². The summed E-state index contributed by atoms with van der Waals surface area (Å²) in [5, 5.41) is 0. The van der Waals surface area contributed by atoms with Gasteiger partial charge in [0.25, 0.3) is 0 Å². The van der Waals surface area contributed by atoms with Crippen LogP contribution < -0.4 is 0 Å². The summed E-state index contributed by atoms with van der Waals surface area (Å²) in [6.45, 7) is 6.98. The van der Waals surface area contributed by atoms with Crippen molar-refractivity contribution < 1.29 is 14.3 Å². The number of carbonyl (C=O) groups excluding carboxylic acids is 2. The first-order valence-electron chi connectivity index (χ1n) is 7.39. The first-order valence-corrected chi connectivity index (χ1v) is 11.1. The van der Waals surface area contributed by atoms with E-state index in [0.29, 0.717) is 19.4 Å². The highest BCUT2D eigenvalue weighted by atomic mass is 28.3. The van der Waals surface area contributed by atoms with Crippen molar-refractivity contribution >= 4 is 20.1 Å². The fourth-order valence-corrected chi connectivity index (χ4v) is 3.37. The zero-order valence-electron chi connectivity index (χ0n) is 13.0. The Labute approximate surface area is 127 Å². The fraction of sp³-hybridized carbons (Fsp3) is 0.500. The summed E-state index contributed by atoms with van der Waals surface area (Å²) >= 11 is 0. The lowest BCUT2D eigenvalue weighted by molar-refractivity contribution is -0.128. The number of benzene rings is 1. The zero-order valence-corrected chi connectivity index (χ0v) is 14.0. The molecule has 2 amide bonds. The molecule has 0 aromatic heterocycles. The third kappa shape index (κ3) is 4.42. The molecule has 1 aliphatic rings. The van der Waals surface area contributed by atoms with Gasteiger partial charge in [-0.25, -0.2) is 9.69 Å². The molecule has 0 spiro atoms.